The Balaban J connectivity index is 2.02. The minimum absolute atomic E-state index is 0.128. The predicted octanol–water partition coefficient (Wildman–Crippen LogP) is 3.12. The smallest absolute Gasteiger partial charge is 0.344 e. The second kappa shape index (κ2) is 8.08. The SMILES string of the molecule is CCOC(=O)COc1ccc(O)cc1CCc1ccccc1. The van der Waals surface area contributed by atoms with Gasteiger partial charge < -0.3 is 14.6 Å². The van der Waals surface area contributed by atoms with Gasteiger partial charge in [0.1, 0.15) is 11.5 Å². The van der Waals surface area contributed by atoms with Gasteiger partial charge in [-0.25, -0.2) is 4.79 Å². The first-order valence-electron chi connectivity index (χ1n) is 7.33. The number of ether oxygens (including phenoxy) is 2. The number of carbonyl (C=O) groups excluding carboxylic acids is 1. The second-order valence-corrected chi connectivity index (χ2v) is 4.87. The Morgan fingerprint density at radius 1 is 1.09 bits per heavy atom. The second-order valence-electron chi connectivity index (χ2n) is 4.87. The van der Waals surface area contributed by atoms with Crippen molar-refractivity contribution in [3.63, 3.8) is 0 Å². The topological polar surface area (TPSA) is 55.8 Å². The van der Waals surface area contributed by atoms with Gasteiger partial charge in [-0.1, -0.05) is 30.3 Å². The molecule has 2 aromatic rings. The van der Waals surface area contributed by atoms with Crippen LogP contribution in [0.1, 0.15) is 18.1 Å². The number of hydrogen-bond donors (Lipinski definition) is 1. The van der Waals surface area contributed by atoms with Gasteiger partial charge in [-0.2, -0.15) is 0 Å². The largest absolute Gasteiger partial charge is 0.508 e. The molecular formula is C18H20O4. The number of hydrogen-bond acceptors (Lipinski definition) is 4. The lowest BCUT2D eigenvalue weighted by Gasteiger charge is -2.11. The lowest BCUT2D eigenvalue weighted by Crippen LogP contribution is -2.15. The lowest BCUT2D eigenvalue weighted by molar-refractivity contribution is -0.145. The Bertz CT molecular complexity index is 608. The van der Waals surface area contributed by atoms with Crippen LogP contribution in [0.5, 0.6) is 11.5 Å². The van der Waals surface area contributed by atoms with Gasteiger partial charge in [-0.15, -0.1) is 0 Å². The Morgan fingerprint density at radius 3 is 2.59 bits per heavy atom. The molecule has 22 heavy (non-hydrogen) atoms. The molecule has 0 heterocycles. The summed E-state index contributed by atoms with van der Waals surface area (Å²) in [4.78, 5) is 11.4. The van der Waals surface area contributed by atoms with E-state index in [0.29, 0.717) is 12.4 Å². The summed E-state index contributed by atoms with van der Waals surface area (Å²) in [5.41, 5.74) is 2.08. The Morgan fingerprint density at radius 2 is 1.86 bits per heavy atom. The fraction of sp³-hybridized carbons (Fsp3) is 0.278. The zero-order valence-corrected chi connectivity index (χ0v) is 12.6. The van der Waals surface area contributed by atoms with Gasteiger partial charge in [-0.3, -0.25) is 0 Å². The van der Waals surface area contributed by atoms with Gasteiger partial charge in [-0.05, 0) is 49.1 Å². The van der Waals surface area contributed by atoms with Crippen molar-refractivity contribution < 1.29 is 19.4 Å². The molecule has 2 rings (SSSR count). The summed E-state index contributed by atoms with van der Waals surface area (Å²) in [7, 11) is 0. The van der Waals surface area contributed by atoms with Crippen LogP contribution in [0.2, 0.25) is 0 Å². The Hall–Kier alpha value is -2.49. The van der Waals surface area contributed by atoms with Gasteiger partial charge in [0.25, 0.3) is 0 Å². The predicted molar refractivity (Wildman–Crippen MR) is 84.1 cm³/mol. The number of phenolic OH excluding ortho intramolecular Hbond substituents is 1. The maximum absolute atomic E-state index is 11.4. The van der Waals surface area contributed by atoms with Crippen LogP contribution < -0.4 is 4.74 Å². The number of phenols is 1. The van der Waals surface area contributed by atoms with Crippen molar-refractivity contribution in [2.24, 2.45) is 0 Å². The average Bonchev–Trinajstić information content (AvgIpc) is 2.53. The fourth-order valence-corrected chi connectivity index (χ4v) is 2.17. The summed E-state index contributed by atoms with van der Waals surface area (Å²) < 4.78 is 10.4. The van der Waals surface area contributed by atoms with E-state index in [1.54, 1.807) is 25.1 Å². The van der Waals surface area contributed by atoms with Crippen LogP contribution in [0.25, 0.3) is 0 Å². The molecule has 0 saturated carbocycles. The van der Waals surface area contributed by atoms with Crippen LogP contribution in [0, 0.1) is 0 Å². The summed E-state index contributed by atoms with van der Waals surface area (Å²) >= 11 is 0. The van der Waals surface area contributed by atoms with Crippen LogP contribution in [0.4, 0.5) is 0 Å². The first-order valence-corrected chi connectivity index (χ1v) is 7.33. The molecule has 0 spiro atoms. The molecule has 0 atom stereocenters. The van der Waals surface area contributed by atoms with E-state index < -0.39 is 5.97 Å². The summed E-state index contributed by atoms with van der Waals surface area (Å²) in [5, 5.41) is 9.65. The van der Waals surface area contributed by atoms with Crippen molar-refractivity contribution in [3.05, 3.63) is 59.7 Å². The van der Waals surface area contributed by atoms with E-state index in [0.717, 1.165) is 18.4 Å². The summed E-state index contributed by atoms with van der Waals surface area (Å²) in [6.07, 6.45) is 1.55. The highest BCUT2D eigenvalue weighted by molar-refractivity contribution is 5.71. The zero-order chi connectivity index (χ0) is 15.8. The van der Waals surface area contributed by atoms with Gasteiger partial charge in [0, 0.05) is 0 Å². The van der Waals surface area contributed by atoms with Crippen molar-refractivity contribution in [2.75, 3.05) is 13.2 Å². The third kappa shape index (κ3) is 4.81. The number of carbonyl (C=O) groups is 1. The normalized spacial score (nSPS) is 10.2. The Labute approximate surface area is 130 Å². The van der Waals surface area contributed by atoms with Crippen molar-refractivity contribution in [3.8, 4) is 11.5 Å². The van der Waals surface area contributed by atoms with Crippen LogP contribution in [-0.2, 0) is 22.4 Å². The highest BCUT2D eigenvalue weighted by Gasteiger charge is 2.09. The molecule has 0 bridgehead atoms. The molecule has 0 aliphatic heterocycles. The number of aryl methyl sites for hydroxylation is 2. The summed E-state index contributed by atoms with van der Waals surface area (Å²) in [5.74, 6) is 0.387. The molecule has 4 nitrogen and oxygen atoms in total. The van der Waals surface area contributed by atoms with E-state index in [2.05, 4.69) is 12.1 Å². The highest BCUT2D eigenvalue weighted by atomic mass is 16.6. The maximum atomic E-state index is 11.4. The number of benzene rings is 2. The molecule has 0 aliphatic carbocycles. The molecule has 1 N–H and O–H groups in total. The average molecular weight is 300 g/mol. The third-order valence-electron chi connectivity index (χ3n) is 3.22. The summed E-state index contributed by atoms with van der Waals surface area (Å²) in [6.45, 7) is 1.96. The molecular weight excluding hydrogens is 280 g/mol. The van der Waals surface area contributed by atoms with Crippen LogP contribution in [0.15, 0.2) is 48.5 Å². The highest BCUT2D eigenvalue weighted by Crippen LogP contribution is 2.25. The van der Waals surface area contributed by atoms with Crippen molar-refractivity contribution in [1.82, 2.24) is 0 Å². The minimum Gasteiger partial charge on any atom is -0.508 e. The molecule has 4 heteroatoms. The zero-order valence-electron chi connectivity index (χ0n) is 12.6. The van der Waals surface area contributed by atoms with Crippen molar-refractivity contribution in [2.45, 2.75) is 19.8 Å². The maximum Gasteiger partial charge on any atom is 0.344 e. The molecule has 0 aliphatic rings. The Kier molecular flexibility index (Phi) is 5.83. The molecule has 0 amide bonds. The monoisotopic (exact) mass is 300 g/mol. The molecule has 0 unspecified atom stereocenters. The number of esters is 1. The standard InChI is InChI=1S/C18H20O4/c1-2-21-18(20)13-22-17-11-10-16(19)12-15(17)9-8-14-6-4-3-5-7-14/h3-7,10-12,19H,2,8-9,13H2,1H3. The van der Waals surface area contributed by atoms with Crippen LogP contribution in [0.3, 0.4) is 0 Å². The van der Waals surface area contributed by atoms with Gasteiger partial charge in [0.05, 0.1) is 6.61 Å². The van der Waals surface area contributed by atoms with E-state index in [9.17, 15) is 9.90 Å². The number of aromatic hydroxyl groups is 1. The van der Waals surface area contributed by atoms with E-state index in [4.69, 9.17) is 9.47 Å². The van der Waals surface area contributed by atoms with Crippen molar-refractivity contribution in [1.29, 1.82) is 0 Å². The van der Waals surface area contributed by atoms with E-state index >= 15 is 0 Å². The third-order valence-corrected chi connectivity index (χ3v) is 3.22. The fourth-order valence-electron chi connectivity index (χ4n) is 2.17. The summed E-state index contributed by atoms with van der Waals surface area (Å²) in [6, 6.07) is 15.0. The number of rotatable bonds is 7. The molecule has 0 radical (unpaired) electrons. The first-order chi connectivity index (χ1) is 10.7. The molecule has 0 fully saturated rings. The van der Waals surface area contributed by atoms with E-state index in [-0.39, 0.29) is 12.4 Å². The molecule has 116 valence electrons. The van der Waals surface area contributed by atoms with Crippen LogP contribution >= 0.6 is 0 Å². The van der Waals surface area contributed by atoms with Crippen molar-refractivity contribution >= 4 is 5.97 Å². The van der Waals surface area contributed by atoms with Crippen LogP contribution in [-0.4, -0.2) is 24.3 Å². The minimum atomic E-state index is -0.399. The molecule has 0 aromatic heterocycles. The van der Waals surface area contributed by atoms with E-state index in [1.807, 2.05) is 18.2 Å². The van der Waals surface area contributed by atoms with Gasteiger partial charge >= 0.3 is 5.97 Å². The van der Waals surface area contributed by atoms with Gasteiger partial charge in [0.2, 0.25) is 0 Å². The lowest BCUT2D eigenvalue weighted by atomic mass is 10.0. The van der Waals surface area contributed by atoms with E-state index in [1.165, 1.54) is 5.56 Å². The first kappa shape index (κ1) is 15.9. The van der Waals surface area contributed by atoms with Gasteiger partial charge in [0.15, 0.2) is 6.61 Å². The quantitative estimate of drug-likeness (QED) is 0.798. The molecule has 2 aromatic carbocycles. The molecule has 0 saturated heterocycles.